The Labute approximate surface area is 167 Å². The number of nitrogens with zero attached hydrogens (tertiary/aromatic N) is 1. The molecular weight excluding hydrogens is 380 g/mol. The van der Waals surface area contributed by atoms with Gasteiger partial charge in [-0.3, -0.25) is 14.5 Å². The van der Waals surface area contributed by atoms with Crippen molar-refractivity contribution in [2.45, 2.75) is 38.5 Å². The summed E-state index contributed by atoms with van der Waals surface area (Å²) < 4.78 is 28.7. The largest absolute Gasteiger partial charge is 0.435 e. The van der Waals surface area contributed by atoms with E-state index >= 15 is 0 Å². The van der Waals surface area contributed by atoms with Crippen molar-refractivity contribution in [1.82, 2.24) is 4.90 Å². The highest BCUT2D eigenvalue weighted by Gasteiger charge is 2.28. The molecule has 1 saturated heterocycles. The first-order valence-electron chi connectivity index (χ1n) is 9.36. The van der Waals surface area contributed by atoms with Crippen molar-refractivity contribution < 1.29 is 23.1 Å². The van der Waals surface area contributed by atoms with Crippen molar-refractivity contribution in [3.05, 3.63) is 59.7 Å². The third-order valence-electron chi connectivity index (χ3n) is 4.80. The van der Waals surface area contributed by atoms with Gasteiger partial charge < -0.3 is 15.8 Å². The molecule has 1 fully saturated rings. The number of nitrogens with one attached hydrogen (secondary N) is 1. The van der Waals surface area contributed by atoms with Crippen LogP contribution in [-0.4, -0.2) is 35.9 Å². The first-order valence-corrected chi connectivity index (χ1v) is 9.36. The summed E-state index contributed by atoms with van der Waals surface area (Å²) in [7, 11) is 0. The predicted molar refractivity (Wildman–Crippen MR) is 104 cm³/mol. The van der Waals surface area contributed by atoms with E-state index in [-0.39, 0.29) is 30.0 Å². The average Bonchev–Trinajstić information content (AvgIpc) is 3.11. The Morgan fingerprint density at radius 2 is 1.93 bits per heavy atom. The molecule has 1 aliphatic heterocycles. The molecule has 154 valence electrons. The molecule has 2 aromatic carbocycles. The minimum atomic E-state index is -2.88. The van der Waals surface area contributed by atoms with E-state index in [1.54, 1.807) is 18.2 Å². The molecule has 8 heteroatoms. The van der Waals surface area contributed by atoms with Gasteiger partial charge in [-0.15, -0.1) is 0 Å². The molecule has 0 aromatic heterocycles. The maximum atomic E-state index is 12.3. The highest BCUT2D eigenvalue weighted by Crippen LogP contribution is 2.21. The van der Waals surface area contributed by atoms with Gasteiger partial charge in [0.15, 0.2) is 0 Å². The van der Waals surface area contributed by atoms with E-state index < -0.39 is 6.61 Å². The van der Waals surface area contributed by atoms with Gasteiger partial charge >= 0.3 is 6.61 Å². The van der Waals surface area contributed by atoms with Crippen molar-refractivity contribution in [3.8, 4) is 5.75 Å². The summed E-state index contributed by atoms with van der Waals surface area (Å²) in [5.74, 6) is -0.481. The van der Waals surface area contributed by atoms with Gasteiger partial charge in [-0.25, -0.2) is 0 Å². The zero-order valence-electron chi connectivity index (χ0n) is 15.8. The van der Waals surface area contributed by atoms with Crippen LogP contribution in [0.3, 0.4) is 0 Å². The molecule has 1 atom stereocenters. The van der Waals surface area contributed by atoms with Crippen molar-refractivity contribution in [1.29, 1.82) is 0 Å². The van der Waals surface area contributed by atoms with Crippen LogP contribution in [0.2, 0.25) is 0 Å². The third-order valence-corrected chi connectivity index (χ3v) is 4.80. The highest BCUT2D eigenvalue weighted by atomic mass is 19.3. The molecular formula is C21H23F2N3O3. The van der Waals surface area contributed by atoms with Gasteiger partial charge in [-0.1, -0.05) is 24.3 Å². The molecule has 6 nitrogen and oxygen atoms in total. The van der Waals surface area contributed by atoms with Crippen LogP contribution in [0.1, 0.15) is 24.0 Å². The van der Waals surface area contributed by atoms with Gasteiger partial charge in [0, 0.05) is 12.2 Å². The summed E-state index contributed by atoms with van der Waals surface area (Å²) in [6, 6.07) is 13.1. The van der Waals surface area contributed by atoms with Crippen LogP contribution in [-0.2, 0) is 22.6 Å². The number of amides is 2. The van der Waals surface area contributed by atoms with Crippen molar-refractivity contribution in [2.75, 3.05) is 11.9 Å². The van der Waals surface area contributed by atoms with E-state index in [9.17, 15) is 18.4 Å². The van der Waals surface area contributed by atoms with Crippen LogP contribution in [0.4, 0.5) is 14.5 Å². The number of ether oxygens (including phenoxy) is 1. The van der Waals surface area contributed by atoms with Crippen LogP contribution in [0.25, 0.3) is 0 Å². The number of hydrogen-bond donors (Lipinski definition) is 2. The molecule has 0 radical (unpaired) electrons. The number of carbonyl (C=O) groups excluding carboxylic acids is 2. The average molecular weight is 403 g/mol. The number of hydrogen-bond acceptors (Lipinski definition) is 4. The number of anilines is 1. The van der Waals surface area contributed by atoms with Gasteiger partial charge in [0.05, 0.1) is 12.5 Å². The fourth-order valence-electron chi connectivity index (χ4n) is 3.50. The molecule has 2 amide bonds. The van der Waals surface area contributed by atoms with E-state index in [0.29, 0.717) is 17.8 Å². The second-order valence-electron chi connectivity index (χ2n) is 6.98. The number of nitrogens with two attached hydrogens (primary N) is 1. The van der Waals surface area contributed by atoms with E-state index in [2.05, 4.69) is 10.1 Å². The Morgan fingerprint density at radius 3 is 2.62 bits per heavy atom. The standard InChI is InChI=1S/C21H23F2N3O3/c22-21(23)29-17-8-6-14(7-9-17)12-19(27)25-16-4-1-3-15(11-16)13-26-10-2-5-18(26)20(24)28/h1,3-4,6-9,11,18,21H,2,5,10,12-13H2,(H2,24,28)(H,25,27). The smallest absolute Gasteiger partial charge is 0.387 e. The number of benzene rings is 2. The van der Waals surface area contributed by atoms with Crippen LogP contribution < -0.4 is 15.8 Å². The van der Waals surface area contributed by atoms with Gasteiger partial charge in [-0.2, -0.15) is 8.78 Å². The van der Waals surface area contributed by atoms with Crippen molar-refractivity contribution in [3.63, 3.8) is 0 Å². The number of rotatable bonds is 8. The van der Waals surface area contributed by atoms with Crippen LogP contribution in [0.15, 0.2) is 48.5 Å². The van der Waals surface area contributed by atoms with Crippen LogP contribution in [0, 0.1) is 0 Å². The number of halogens is 2. The Bertz CT molecular complexity index is 859. The number of primary amides is 1. The molecule has 0 bridgehead atoms. The molecule has 3 rings (SSSR count). The van der Waals surface area contributed by atoms with Crippen LogP contribution >= 0.6 is 0 Å². The molecule has 29 heavy (non-hydrogen) atoms. The van der Waals surface area contributed by atoms with Gasteiger partial charge in [-0.05, 0) is 54.8 Å². The first-order chi connectivity index (χ1) is 13.9. The minimum absolute atomic E-state index is 0.0491. The third kappa shape index (κ3) is 5.99. The van der Waals surface area contributed by atoms with Gasteiger partial charge in [0.1, 0.15) is 5.75 Å². The lowest BCUT2D eigenvalue weighted by atomic mass is 10.1. The van der Waals surface area contributed by atoms with E-state index in [0.717, 1.165) is 24.9 Å². The van der Waals surface area contributed by atoms with E-state index in [1.807, 2.05) is 23.1 Å². The quantitative estimate of drug-likeness (QED) is 0.710. The summed E-state index contributed by atoms with van der Waals surface area (Å²) in [5.41, 5.74) is 7.77. The Morgan fingerprint density at radius 1 is 1.17 bits per heavy atom. The second kappa shape index (κ2) is 9.47. The lowest BCUT2D eigenvalue weighted by molar-refractivity contribution is -0.122. The Hall–Kier alpha value is -3.00. The summed E-state index contributed by atoms with van der Waals surface area (Å²) in [6.07, 6.45) is 1.81. The number of likely N-dealkylation sites (tertiary alicyclic amines) is 1. The fourth-order valence-corrected chi connectivity index (χ4v) is 3.50. The summed E-state index contributed by atoms with van der Waals surface area (Å²) in [4.78, 5) is 25.9. The lowest BCUT2D eigenvalue weighted by Crippen LogP contribution is -2.39. The summed E-state index contributed by atoms with van der Waals surface area (Å²) in [6.45, 7) is -1.48. The topological polar surface area (TPSA) is 84.7 Å². The Balaban J connectivity index is 1.57. The zero-order valence-corrected chi connectivity index (χ0v) is 15.8. The maximum Gasteiger partial charge on any atom is 0.387 e. The molecule has 1 unspecified atom stereocenters. The Kier molecular flexibility index (Phi) is 6.77. The summed E-state index contributed by atoms with van der Waals surface area (Å²) >= 11 is 0. The molecule has 0 aliphatic carbocycles. The van der Waals surface area contributed by atoms with Crippen LogP contribution in [0.5, 0.6) is 5.75 Å². The first kappa shape index (κ1) is 20.7. The van der Waals surface area contributed by atoms with E-state index in [1.165, 1.54) is 12.1 Å². The normalized spacial score (nSPS) is 16.7. The predicted octanol–water partition coefficient (Wildman–Crippen LogP) is 2.92. The second-order valence-corrected chi connectivity index (χ2v) is 6.98. The van der Waals surface area contributed by atoms with E-state index in [4.69, 9.17) is 5.73 Å². The van der Waals surface area contributed by atoms with Crippen molar-refractivity contribution in [2.24, 2.45) is 5.73 Å². The summed E-state index contributed by atoms with van der Waals surface area (Å²) in [5, 5.41) is 2.84. The molecule has 1 aliphatic rings. The molecule has 0 spiro atoms. The SMILES string of the molecule is NC(=O)C1CCCN1Cc1cccc(NC(=O)Cc2ccc(OC(F)F)cc2)c1. The van der Waals surface area contributed by atoms with Gasteiger partial charge in [0.25, 0.3) is 0 Å². The molecule has 2 aromatic rings. The highest BCUT2D eigenvalue weighted by molar-refractivity contribution is 5.92. The molecule has 0 saturated carbocycles. The van der Waals surface area contributed by atoms with Gasteiger partial charge in [0.2, 0.25) is 11.8 Å². The number of carbonyl (C=O) groups is 2. The minimum Gasteiger partial charge on any atom is -0.435 e. The lowest BCUT2D eigenvalue weighted by Gasteiger charge is -2.22. The maximum absolute atomic E-state index is 12.3. The fraction of sp³-hybridized carbons (Fsp3) is 0.333. The molecule has 1 heterocycles. The number of alkyl halides is 2. The zero-order chi connectivity index (χ0) is 20.8. The van der Waals surface area contributed by atoms with Crippen molar-refractivity contribution >= 4 is 17.5 Å². The monoisotopic (exact) mass is 403 g/mol. The molecule has 3 N–H and O–H groups in total.